The van der Waals surface area contributed by atoms with Crippen molar-refractivity contribution < 1.29 is 13.2 Å². The fraction of sp³-hybridized carbons (Fsp3) is 0.500. The van der Waals surface area contributed by atoms with E-state index in [0.717, 1.165) is 19.3 Å². The van der Waals surface area contributed by atoms with Gasteiger partial charge in [0, 0.05) is 5.69 Å². The molecular formula is C14H22ClN3O3S. The zero-order valence-electron chi connectivity index (χ0n) is 12.5. The van der Waals surface area contributed by atoms with Crippen molar-refractivity contribution in [3.05, 3.63) is 24.3 Å². The van der Waals surface area contributed by atoms with E-state index in [9.17, 15) is 13.2 Å². The van der Waals surface area contributed by atoms with Crippen LogP contribution in [0.15, 0.2) is 29.2 Å². The Morgan fingerprint density at radius 2 is 1.86 bits per heavy atom. The number of hydrogen-bond acceptors (Lipinski definition) is 4. The Hall–Kier alpha value is -1.15. The minimum atomic E-state index is -3.53. The Balaban J connectivity index is 0.00000242. The molecule has 1 aliphatic carbocycles. The molecule has 0 aliphatic heterocycles. The number of carbonyl (C=O) groups is 1. The molecule has 8 heteroatoms. The second-order valence-corrected chi connectivity index (χ2v) is 7.29. The number of carbonyl (C=O) groups excluding carboxylic acids is 1. The summed E-state index contributed by atoms with van der Waals surface area (Å²) in [5.74, 6) is -0.249. The number of nitrogens with one attached hydrogen (secondary N) is 2. The highest BCUT2D eigenvalue weighted by Gasteiger charge is 2.35. The average Bonchev–Trinajstić information content (AvgIpc) is 2.48. The van der Waals surface area contributed by atoms with Crippen molar-refractivity contribution in [1.82, 2.24) is 4.72 Å². The van der Waals surface area contributed by atoms with Crippen LogP contribution in [-0.4, -0.2) is 26.9 Å². The molecule has 1 aromatic rings. The number of benzene rings is 1. The molecule has 1 aromatic carbocycles. The van der Waals surface area contributed by atoms with Crippen LogP contribution in [0.1, 0.15) is 32.1 Å². The summed E-state index contributed by atoms with van der Waals surface area (Å²) in [6.45, 7) is 0. The van der Waals surface area contributed by atoms with Gasteiger partial charge < -0.3 is 11.1 Å². The molecule has 0 spiro atoms. The third-order valence-corrected chi connectivity index (χ3v) is 5.28. The van der Waals surface area contributed by atoms with Crippen LogP contribution in [0.2, 0.25) is 0 Å². The van der Waals surface area contributed by atoms with Gasteiger partial charge in [0.1, 0.15) is 0 Å². The van der Waals surface area contributed by atoms with E-state index in [2.05, 4.69) is 10.0 Å². The first kappa shape index (κ1) is 18.9. The van der Waals surface area contributed by atoms with Gasteiger partial charge in [0.05, 0.1) is 10.4 Å². The SMILES string of the molecule is CNS(=O)(=O)c1cccc(NC(=O)C2(N)CCCCC2)c1.Cl. The van der Waals surface area contributed by atoms with Crippen LogP contribution in [0.25, 0.3) is 0 Å². The molecule has 0 saturated heterocycles. The first-order chi connectivity index (χ1) is 9.87. The van der Waals surface area contributed by atoms with Gasteiger partial charge in [-0.05, 0) is 38.1 Å². The molecule has 6 nitrogen and oxygen atoms in total. The summed E-state index contributed by atoms with van der Waals surface area (Å²) < 4.78 is 25.8. The lowest BCUT2D eigenvalue weighted by Gasteiger charge is -2.31. The van der Waals surface area contributed by atoms with Crippen molar-refractivity contribution in [2.45, 2.75) is 42.5 Å². The molecule has 1 fully saturated rings. The number of rotatable bonds is 4. The van der Waals surface area contributed by atoms with Crippen molar-refractivity contribution in [3.8, 4) is 0 Å². The van der Waals surface area contributed by atoms with Crippen molar-refractivity contribution in [2.75, 3.05) is 12.4 Å². The van der Waals surface area contributed by atoms with Crippen LogP contribution < -0.4 is 15.8 Å². The average molecular weight is 348 g/mol. The first-order valence-electron chi connectivity index (χ1n) is 7.01. The lowest BCUT2D eigenvalue weighted by atomic mass is 9.82. The van der Waals surface area contributed by atoms with Crippen molar-refractivity contribution in [3.63, 3.8) is 0 Å². The third-order valence-electron chi connectivity index (χ3n) is 3.87. The lowest BCUT2D eigenvalue weighted by Crippen LogP contribution is -2.52. The van der Waals surface area contributed by atoms with Crippen LogP contribution in [-0.2, 0) is 14.8 Å². The second kappa shape index (κ2) is 7.41. The molecule has 1 saturated carbocycles. The van der Waals surface area contributed by atoms with Crippen LogP contribution in [0.5, 0.6) is 0 Å². The highest BCUT2D eigenvalue weighted by atomic mass is 35.5. The molecule has 1 aliphatic rings. The lowest BCUT2D eigenvalue weighted by molar-refractivity contribution is -0.122. The maximum absolute atomic E-state index is 12.3. The molecule has 124 valence electrons. The molecule has 0 atom stereocenters. The molecule has 22 heavy (non-hydrogen) atoms. The molecule has 0 aromatic heterocycles. The van der Waals surface area contributed by atoms with Gasteiger partial charge >= 0.3 is 0 Å². The quantitative estimate of drug-likeness (QED) is 0.770. The number of nitrogens with two attached hydrogens (primary N) is 1. The topological polar surface area (TPSA) is 101 Å². The van der Waals surface area contributed by atoms with Gasteiger partial charge in [0.2, 0.25) is 15.9 Å². The minimum Gasteiger partial charge on any atom is -0.324 e. The molecule has 0 unspecified atom stereocenters. The van der Waals surface area contributed by atoms with Crippen LogP contribution in [0, 0.1) is 0 Å². The van der Waals surface area contributed by atoms with Crippen LogP contribution in [0.3, 0.4) is 0 Å². The Morgan fingerprint density at radius 3 is 2.45 bits per heavy atom. The summed E-state index contributed by atoms with van der Waals surface area (Å²) >= 11 is 0. The van der Waals surface area contributed by atoms with Crippen molar-refractivity contribution >= 4 is 34.0 Å². The van der Waals surface area contributed by atoms with Crippen LogP contribution >= 0.6 is 12.4 Å². The molecular weight excluding hydrogens is 326 g/mol. The van der Waals surface area contributed by atoms with E-state index in [0.29, 0.717) is 18.5 Å². The van der Waals surface area contributed by atoms with Gasteiger partial charge in [-0.3, -0.25) is 4.79 Å². The first-order valence-corrected chi connectivity index (χ1v) is 8.50. The zero-order chi connectivity index (χ0) is 15.5. The molecule has 0 bridgehead atoms. The molecule has 2 rings (SSSR count). The van der Waals surface area contributed by atoms with Crippen molar-refractivity contribution in [2.24, 2.45) is 5.73 Å². The number of amides is 1. The largest absolute Gasteiger partial charge is 0.324 e. The van der Waals surface area contributed by atoms with E-state index in [1.54, 1.807) is 12.1 Å². The normalized spacial score (nSPS) is 17.4. The minimum absolute atomic E-state index is 0. The summed E-state index contributed by atoms with van der Waals surface area (Å²) in [5, 5.41) is 2.73. The third kappa shape index (κ3) is 4.19. The number of halogens is 1. The van der Waals surface area contributed by atoms with Gasteiger partial charge in [-0.15, -0.1) is 12.4 Å². The predicted molar refractivity (Wildman–Crippen MR) is 88.6 cm³/mol. The van der Waals surface area contributed by atoms with E-state index in [-0.39, 0.29) is 23.2 Å². The standard InChI is InChI=1S/C14H21N3O3S.ClH/c1-16-21(19,20)12-7-5-6-11(10-12)17-13(18)14(15)8-3-2-4-9-14;/h5-7,10,16H,2-4,8-9,15H2,1H3,(H,17,18);1H. The van der Waals surface area contributed by atoms with E-state index >= 15 is 0 Å². The van der Waals surface area contributed by atoms with Gasteiger partial charge in [-0.2, -0.15) is 0 Å². The highest BCUT2D eigenvalue weighted by molar-refractivity contribution is 7.89. The second-order valence-electron chi connectivity index (χ2n) is 5.41. The Kier molecular flexibility index (Phi) is 6.37. The summed E-state index contributed by atoms with van der Waals surface area (Å²) in [4.78, 5) is 12.4. The summed E-state index contributed by atoms with van der Waals surface area (Å²) in [6.07, 6.45) is 4.30. The van der Waals surface area contributed by atoms with E-state index < -0.39 is 15.6 Å². The van der Waals surface area contributed by atoms with Crippen LogP contribution in [0.4, 0.5) is 5.69 Å². The van der Waals surface area contributed by atoms with E-state index in [1.165, 1.54) is 19.2 Å². The fourth-order valence-corrected chi connectivity index (χ4v) is 3.30. The fourth-order valence-electron chi connectivity index (χ4n) is 2.52. The van der Waals surface area contributed by atoms with Gasteiger partial charge in [0.25, 0.3) is 0 Å². The zero-order valence-corrected chi connectivity index (χ0v) is 14.1. The van der Waals surface area contributed by atoms with Crippen molar-refractivity contribution in [1.29, 1.82) is 0 Å². The Bertz CT molecular complexity index is 628. The molecule has 0 heterocycles. The molecule has 4 N–H and O–H groups in total. The van der Waals surface area contributed by atoms with Gasteiger partial charge in [-0.25, -0.2) is 13.1 Å². The smallest absolute Gasteiger partial charge is 0.244 e. The van der Waals surface area contributed by atoms with Gasteiger partial charge in [0.15, 0.2) is 0 Å². The monoisotopic (exact) mass is 347 g/mol. The number of sulfonamides is 1. The maximum Gasteiger partial charge on any atom is 0.244 e. The molecule has 1 amide bonds. The number of anilines is 1. The van der Waals surface area contributed by atoms with Gasteiger partial charge in [-0.1, -0.05) is 25.3 Å². The maximum atomic E-state index is 12.3. The number of hydrogen-bond donors (Lipinski definition) is 3. The Labute approximate surface area is 137 Å². The van der Waals surface area contributed by atoms with E-state index in [1.807, 2.05) is 0 Å². The summed E-state index contributed by atoms with van der Waals surface area (Å²) in [5.41, 5.74) is 5.74. The van der Waals surface area contributed by atoms with E-state index in [4.69, 9.17) is 5.73 Å². The Morgan fingerprint density at radius 1 is 1.23 bits per heavy atom. The molecule has 0 radical (unpaired) electrons. The highest BCUT2D eigenvalue weighted by Crippen LogP contribution is 2.27. The summed E-state index contributed by atoms with van der Waals surface area (Å²) in [7, 11) is -2.18. The predicted octanol–water partition coefficient (Wildman–Crippen LogP) is 1.62. The summed E-state index contributed by atoms with van der Waals surface area (Å²) in [6, 6.07) is 6.14.